The molecule has 0 aromatic heterocycles. The van der Waals surface area contributed by atoms with Gasteiger partial charge in [0.25, 0.3) is 0 Å². The highest BCUT2D eigenvalue weighted by Gasteiger charge is 2.38. The minimum Gasteiger partial charge on any atom is -0.466 e. The summed E-state index contributed by atoms with van der Waals surface area (Å²) in [6.07, 6.45) is 2.59. The van der Waals surface area contributed by atoms with Crippen molar-refractivity contribution < 1.29 is 27.5 Å². The van der Waals surface area contributed by atoms with Crippen LogP contribution in [0, 0.1) is 22.7 Å². The number of guanidine groups is 1. The van der Waals surface area contributed by atoms with Crippen molar-refractivity contribution in [1.29, 1.82) is 10.7 Å². The van der Waals surface area contributed by atoms with Crippen LogP contribution in [0.2, 0.25) is 0 Å². The number of carbonyl (C=O) groups is 3. The van der Waals surface area contributed by atoms with Crippen LogP contribution < -0.4 is 15.8 Å². The summed E-state index contributed by atoms with van der Waals surface area (Å²) in [6, 6.07) is 5.57. The van der Waals surface area contributed by atoms with Gasteiger partial charge < -0.3 is 25.6 Å². The van der Waals surface area contributed by atoms with Crippen molar-refractivity contribution in [2.24, 2.45) is 11.7 Å². The average Bonchev–Trinajstić information content (AvgIpc) is 3.77. The zero-order valence-corrected chi connectivity index (χ0v) is 23.4. The van der Waals surface area contributed by atoms with Crippen LogP contribution in [-0.2, 0) is 29.1 Å². The van der Waals surface area contributed by atoms with E-state index in [0.717, 1.165) is 12.8 Å². The van der Waals surface area contributed by atoms with Gasteiger partial charge in [-0.1, -0.05) is 0 Å². The predicted molar refractivity (Wildman–Crippen MR) is 145 cm³/mol. The molecule has 40 heavy (non-hydrogen) atoms. The van der Waals surface area contributed by atoms with E-state index in [1.165, 1.54) is 29.2 Å². The first-order valence-corrected chi connectivity index (χ1v) is 14.9. The van der Waals surface area contributed by atoms with Gasteiger partial charge >= 0.3 is 5.97 Å². The van der Waals surface area contributed by atoms with Crippen molar-refractivity contribution in [3.05, 3.63) is 29.8 Å². The van der Waals surface area contributed by atoms with Gasteiger partial charge in [0, 0.05) is 32.2 Å². The number of carbonyl (C=O) groups excluding carboxylic acids is 3. The highest BCUT2D eigenvalue weighted by Crippen LogP contribution is 2.28. The maximum absolute atomic E-state index is 13.6. The average molecular weight is 576 g/mol. The van der Waals surface area contributed by atoms with Gasteiger partial charge in [-0.3, -0.25) is 19.8 Å². The summed E-state index contributed by atoms with van der Waals surface area (Å²) in [6.45, 7) is 3.42. The number of hydrogen-bond acceptors (Lipinski definition) is 8. The van der Waals surface area contributed by atoms with Crippen LogP contribution in [0.25, 0.3) is 0 Å². The Labute approximate surface area is 234 Å². The molecule has 1 heterocycles. The molecular weight excluding hydrogens is 538 g/mol. The fraction of sp³-hybridized carbons (Fsp3) is 0.577. The van der Waals surface area contributed by atoms with Crippen LogP contribution in [0.1, 0.15) is 51.0 Å². The zero-order valence-electron chi connectivity index (χ0n) is 22.6. The second-order valence-corrected chi connectivity index (χ2v) is 11.7. The topological polar surface area (TPSA) is 199 Å². The number of amides is 2. The number of nitrogens with zero attached hydrogens (tertiary/aromatic N) is 3. The van der Waals surface area contributed by atoms with E-state index in [9.17, 15) is 22.8 Å². The van der Waals surface area contributed by atoms with Crippen molar-refractivity contribution in [1.82, 2.24) is 19.8 Å². The summed E-state index contributed by atoms with van der Waals surface area (Å²) in [7, 11) is -4.23. The number of nitrogens with one attached hydrogen (secondary N) is 3. The van der Waals surface area contributed by atoms with Crippen LogP contribution >= 0.6 is 0 Å². The van der Waals surface area contributed by atoms with Crippen LogP contribution in [0.4, 0.5) is 0 Å². The maximum atomic E-state index is 13.6. The Kier molecular flexibility index (Phi) is 10.9. The lowest BCUT2D eigenvalue weighted by Crippen LogP contribution is -2.52. The number of esters is 1. The normalized spacial score (nSPS) is 17.8. The van der Waals surface area contributed by atoms with Gasteiger partial charge in [0.2, 0.25) is 21.8 Å². The molecule has 3 rings (SSSR count). The highest BCUT2D eigenvalue weighted by molar-refractivity contribution is 7.89. The summed E-state index contributed by atoms with van der Waals surface area (Å²) in [5.41, 5.74) is 5.87. The number of nitriles is 1. The van der Waals surface area contributed by atoms with E-state index in [0.29, 0.717) is 32.5 Å². The first-order chi connectivity index (χ1) is 19.0. The van der Waals surface area contributed by atoms with Gasteiger partial charge in [-0.2, -0.15) is 9.98 Å². The SMILES string of the molecule is CCOC(=O)CCN(C(=O)[C@H](CC(=O)NC[C@@H]1CCCN(C(=N)N)C1)NS(=O)(=O)c1ccc(C#N)cc1)C1CC1. The van der Waals surface area contributed by atoms with E-state index in [2.05, 4.69) is 10.0 Å². The number of nitrogens with two attached hydrogens (primary N) is 1. The molecule has 218 valence electrons. The fourth-order valence-electron chi connectivity index (χ4n) is 4.61. The Bertz CT molecular complexity index is 1230. The third-order valence-corrected chi connectivity index (χ3v) is 8.35. The van der Waals surface area contributed by atoms with E-state index in [1.807, 2.05) is 6.07 Å². The largest absolute Gasteiger partial charge is 0.466 e. The Hall–Kier alpha value is -3.70. The van der Waals surface area contributed by atoms with Crippen molar-refractivity contribution >= 4 is 33.8 Å². The van der Waals surface area contributed by atoms with Gasteiger partial charge in [0.1, 0.15) is 6.04 Å². The monoisotopic (exact) mass is 575 g/mol. The third-order valence-electron chi connectivity index (χ3n) is 6.86. The Morgan fingerprint density at radius 1 is 1.25 bits per heavy atom. The molecule has 0 spiro atoms. The molecule has 2 aliphatic rings. The lowest BCUT2D eigenvalue weighted by Gasteiger charge is -2.33. The smallest absolute Gasteiger partial charge is 0.307 e. The molecule has 0 radical (unpaired) electrons. The molecule has 1 aliphatic carbocycles. The van der Waals surface area contributed by atoms with Crippen molar-refractivity contribution in [3.63, 3.8) is 0 Å². The maximum Gasteiger partial charge on any atom is 0.307 e. The first kappa shape index (κ1) is 30.8. The molecule has 1 aromatic carbocycles. The molecule has 1 aliphatic heterocycles. The Morgan fingerprint density at radius 3 is 2.55 bits per heavy atom. The second-order valence-electron chi connectivity index (χ2n) is 9.98. The van der Waals surface area contributed by atoms with Crippen molar-refractivity contribution in [2.45, 2.75) is 62.4 Å². The fourth-order valence-corrected chi connectivity index (χ4v) is 5.80. The number of sulfonamides is 1. The molecule has 1 saturated heterocycles. The number of rotatable bonds is 13. The third kappa shape index (κ3) is 8.92. The zero-order chi connectivity index (χ0) is 29.3. The Balaban J connectivity index is 1.74. The number of piperidine rings is 1. The number of benzene rings is 1. The minimum atomic E-state index is -4.23. The van der Waals surface area contributed by atoms with Crippen molar-refractivity contribution in [2.75, 3.05) is 32.8 Å². The summed E-state index contributed by atoms with van der Waals surface area (Å²) >= 11 is 0. The van der Waals surface area contributed by atoms with Gasteiger partial charge in [-0.05, 0) is 62.8 Å². The molecule has 0 bridgehead atoms. The summed E-state index contributed by atoms with van der Waals surface area (Å²) in [5, 5.41) is 19.5. The molecule has 1 saturated carbocycles. The molecule has 5 N–H and O–H groups in total. The van der Waals surface area contributed by atoms with Gasteiger partial charge in [0.05, 0.1) is 36.0 Å². The highest BCUT2D eigenvalue weighted by atomic mass is 32.2. The van der Waals surface area contributed by atoms with Crippen molar-refractivity contribution in [3.8, 4) is 6.07 Å². The van der Waals surface area contributed by atoms with E-state index < -0.39 is 40.3 Å². The molecule has 2 amide bonds. The quantitative estimate of drug-likeness (QED) is 0.145. The van der Waals surface area contributed by atoms with Gasteiger partial charge in [0.15, 0.2) is 5.96 Å². The van der Waals surface area contributed by atoms with Crippen LogP contribution in [0.15, 0.2) is 29.2 Å². The molecule has 2 atom stereocenters. The molecule has 2 fully saturated rings. The standard InChI is InChI=1S/C26H37N7O6S/c1-2-39-24(35)11-13-33(20-7-8-20)25(36)22(31-40(37,38)21-9-5-18(15-27)6-10-21)14-23(34)30-16-19-4-3-12-32(17-19)26(28)29/h5-6,9-10,19-20,22,31H,2-4,7-8,11-14,16-17H2,1H3,(H3,28,29)(H,30,34)/t19-,22-/m0/s1. The lowest BCUT2D eigenvalue weighted by atomic mass is 9.98. The molecule has 13 nitrogen and oxygen atoms in total. The molecule has 14 heteroatoms. The molecular formula is C26H37N7O6S. The summed E-state index contributed by atoms with van der Waals surface area (Å²) < 4.78 is 33.7. The first-order valence-electron chi connectivity index (χ1n) is 13.4. The van der Waals surface area contributed by atoms with E-state index >= 15 is 0 Å². The summed E-state index contributed by atoms with van der Waals surface area (Å²) in [4.78, 5) is 41.6. The Morgan fingerprint density at radius 2 is 1.95 bits per heavy atom. The summed E-state index contributed by atoms with van der Waals surface area (Å²) in [5.74, 6) is -1.55. The minimum absolute atomic E-state index is 0.0260. The van der Waals surface area contributed by atoms with Gasteiger partial charge in [-0.15, -0.1) is 0 Å². The lowest BCUT2D eigenvalue weighted by molar-refractivity contribution is -0.144. The van der Waals surface area contributed by atoms with E-state index in [1.54, 1.807) is 11.8 Å². The number of likely N-dealkylation sites (tertiary alicyclic amines) is 1. The van der Waals surface area contributed by atoms with E-state index in [-0.39, 0.29) is 48.0 Å². The predicted octanol–water partition coefficient (Wildman–Crippen LogP) is 0.261. The van der Waals surface area contributed by atoms with Crippen LogP contribution in [0.3, 0.4) is 0 Å². The number of hydrogen-bond donors (Lipinski definition) is 4. The van der Waals surface area contributed by atoms with Gasteiger partial charge in [-0.25, -0.2) is 8.42 Å². The van der Waals surface area contributed by atoms with E-state index in [4.69, 9.17) is 21.1 Å². The van der Waals surface area contributed by atoms with Crippen LogP contribution in [0.5, 0.6) is 0 Å². The second kappa shape index (κ2) is 14.1. The molecule has 0 unspecified atom stereocenters. The van der Waals surface area contributed by atoms with Crippen LogP contribution in [-0.4, -0.2) is 86.8 Å². The number of ether oxygens (including phenoxy) is 1. The molecule has 1 aromatic rings.